The molecule has 0 heteroatoms. The van der Waals surface area contributed by atoms with Crippen LogP contribution in [0, 0.1) is 41.5 Å². The van der Waals surface area contributed by atoms with Gasteiger partial charge >= 0.3 is 0 Å². The maximum atomic E-state index is 2.31. The molecule has 360 valence electrons. The summed E-state index contributed by atoms with van der Waals surface area (Å²) in [6, 6.07) is 40.2. The second-order valence-electron chi connectivity index (χ2n) is 17.8. The third-order valence-corrected chi connectivity index (χ3v) is 13.1. The van der Waals surface area contributed by atoms with Gasteiger partial charge in [0.15, 0.2) is 0 Å². The third-order valence-electron chi connectivity index (χ3n) is 13.1. The van der Waals surface area contributed by atoms with Gasteiger partial charge in [-0.1, -0.05) is 203 Å². The lowest BCUT2D eigenvalue weighted by molar-refractivity contribution is 1.02. The minimum atomic E-state index is 1.14. The molecule has 0 unspecified atom stereocenters. The number of hydrogen-bond acceptors (Lipinski definition) is 0. The average Bonchev–Trinajstić information content (AvgIpc) is 3.34. The zero-order valence-corrected chi connectivity index (χ0v) is 45.9. The van der Waals surface area contributed by atoms with E-state index in [0.717, 1.165) is 77.0 Å². The fourth-order valence-electron chi connectivity index (χ4n) is 8.59. The number of rotatable bonds is 12. The predicted octanol–water partition coefficient (Wildman–Crippen LogP) is 18.7. The molecule has 0 saturated carbocycles. The van der Waals surface area contributed by atoms with Gasteiger partial charge in [-0.15, -0.1) is 0 Å². The largest absolute Gasteiger partial charge is 0.0617 e. The summed E-state index contributed by atoms with van der Waals surface area (Å²) in [5.41, 5.74) is 26.4. The van der Waals surface area contributed by atoms with E-state index in [1.807, 2.05) is 0 Å². The van der Waals surface area contributed by atoms with Crippen molar-refractivity contribution in [2.24, 2.45) is 0 Å². The Morgan fingerprint density at radius 3 is 1.15 bits per heavy atom. The highest BCUT2D eigenvalue weighted by molar-refractivity contribution is 5.36. The van der Waals surface area contributed by atoms with Crippen LogP contribution in [0.5, 0.6) is 0 Å². The van der Waals surface area contributed by atoms with Crippen molar-refractivity contribution in [2.45, 2.75) is 202 Å². The van der Waals surface area contributed by atoms with Crippen LogP contribution in [0.3, 0.4) is 0 Å². The minimum absolute atomic E-state index is 1.14. The topological polar surface area (TPSA) is 0 Å². The summed E-state index contributed by atoms with van der Waals surface area (Å²) in [5.74, 6) is 0. The molecule has 0 heterocycles. The molecule has 6 aromatic rings. The molecule has 0 saturated heterocycles. The van der Waals surface area contributed by atoms with Crippen LogP contribution < -0.4 is 0 Å². The number of aryl methyl sites for hydroxylation is 16. The van der Waals surface area contributed by atoms with Gasteiger partial charge in [0.25, 0.3) is 0 Å². The first-order chi connectivity index (χ1) is 31.7. The van der Waals surface area contributed by atoms with E-state index in [-0.39, 0.29) is 0 Å². The van der Waals surface area contributed by atoms with Crippen molar-refractivity contribution in [1.82, 2.24) is 0 Å². The molecule has 0 fully saturated rings. The molecule has 0 aliphatic heterocycles. The lowest BCUT2D eigenvalue weighted by atomic mass is 9.98. The van der Waals surface area contributed by atoms with Crippen LogP contribution in [0.25, 0.3) is 0 Å². The maximum absolute atomic E-state index is 2.31. The zero-order valence-electron chi connectivity index (χ0n) is 45.9. The van der Waals surface area contributed by atoms with E-state index in [1.165, 1.54) is 100 Å². The molecular formula is C66H96. The first kappa shape index (κ1) is 59.3. The smallest absolute Gasteiger partial charge is 0.0302 e. The second kappa shape index (κ2) is 33.7. The van der Waals surface area contributed by atoms with Crippen molar-refractivity contribution in [3.8, 4) is 0 Å². The number of benzene rings is 6. The van der Waals surface area contributed by atoms with Crippen LogP contribution in [0.15, 0.2) is 109 Å². The fourth-order valence-corrected chi connectivity index (χ4v) is 8.59. The Labute approximate surface area is 409 Å². The van der Waals surface area contributed by atoms with Crippen molar-refractivity contribution in [3.63, 3.8) is 0 Å². The highest BCUT2D eigenvalue weighted by Gasteiger charge is 2.02. The lowest BCUT2D eigenvalue weighted by Gasteiger charge is -2.07. The standard InChI is InChI=1S/6C11H16/c1-4-10-6-9(3)7-11(5-2)8-10;1-4-10-6-7-11(5-2)9(3)8-10;1-4-10-7-6-9(3)11(5-2)8-10;1-4-10-7-6-9(3)8-11(10)5-2;1-4-10-7-6-8-11(5-2)9(10)3;1-4-10-8-6-7-9(3)11(10)5-2/h6*6-8H,4-5H2,1-3H3. The third kappa shape index (κ3) is 20.9. The average molecular weight is 889 g/mol. The van der Waals surface area contributed by atoms with E-state index >= 15 is 0 Å². The first-order valence-corrected chi connectivity index (χ1v) is 26.2. The summed E-state index contributed by atoms with van der Waals surface area (Å²) < 4.78 is 0. The minimum Gasteiger partial charge on any atom is -0.0617 e. The maximum Gasteiger partial charge on any atom is -0.0302 e. The van der Waals surface area contributed by atoms with Crippen LogP contribution in [0.1, 0.15) is 183 Å². The first-order valence-electron chi connectivity index (χ1n) is 26.2. The van der Waals surface area contributed by atoms with Gasteiger partial charge in [0.05, 0.1) is 0 Å². The van der Waals surface area contributed by atoms with E-state index < -0.39 is 0 Å². The molecule has 0 spiro atoms. The van der Waals surface area contributed by atoms with Gasteiger partial charge in [-0.05, 0) is 208 Å². The van der Waals surface area contributed by atoms with Gasteiger partial charge in [0.1, 0.15) is 0 Å². The lowest BCUT2D eigenvalue weighted by Crippen LogP contribution is -1.93. The van der Waals surface area contributed by atoms with Gasteiger partial charge in [0.2, 0.25) is 0 Å². The Hall–Kier alpha value is -4.68. The van der Waals surface area contributed by atoms with Crippen LogP contribution >= 0.6 is 0 Å². The van der Waals surface area contributed by atoms with Crippen molar-refractivity contribution in [3.05, 3.63) is 209 Å². The van der Waals surface area contributed by atoms with Gasteiger partial charge in [-0.3, -0.25) is 0 Å². The molecule has 0 N–H and O–H groups in total. The van der Waals surface area contributed by atoms with Crippen molar-refractivity contribution < 1.29 is 0 Å². The molecule has 0 aliphatic carbocycles. The molecule has 6 rings (SSSR count). The van der Waals surface area contributed by atoms with Gasteiger partial charge in [-0.25, -0.2) is 0 Å². The molecule has 0 aromatic heterocycles. The Morgan fingerprint density at radius 1 is 0.242 bits per heavy atom. The fraction of sp³-hybridized carbons (Fsp3) is 0.455. The molecule has 0 radical (unpaired) electrons. The molecule has 66 heavy (non-hydrogen) atoms. The molecule has 0 aliphatic rings. The van der Waals surface area contributed by atoms with Crippen molar-refractivity contribution in [1.29, 1.82) is 0 Å². The van der Waals surface area contributed by atoms with Crippen molar-refractivity contribution in [2.75, 3.05) is 0 Å². The summed E-state index contributed by atoms with van der Waals surface area (Å²) in [4.78, 5) is 0. The summed E-state index contributed by atoms with van der Waals surface area (Å²) in [7, 11) is 0. The van der Waals surface area contributed by atoms with Crippen LogP contribution in [0.2, 0.25) is 0 Å². The summed E-state index contributed by atoms with van der Waals surface area (Å²) in [6.07, 6.45) is 13.8. The quantitative estimate of drug-likeness (QED) is 0.115. The molecule has 6 aromatic carbocycles. The number of hydrogen-bond donors (Lipinski definition) is 0. The van der Waals surface area contributed by atoms with E-state index in [2.05, 4.69) is 234 Å². The van der Waals surface area contributed by atoms with E-state index in [0.29, 0.717) is 0 Å². The second-order valence-corrected chi connectivity index (χ2v) is 17.8. The van der Waals surface area contributed by atoms with Crippen LogP contribution in [-0.4, -0.2) is 0 Å². The summed E-state index contributed by atoms with van der Waals surface area (Å²) in [6.45, 7) is 39.6. The van der Waals surface area contributed by atoms with E-state index in [4.69, 9.17) is 0 Å². The molecule has 0 nitrogen and oxygen atoms in total. The molecular weight excluding hydrogens is 793 g/mol. The Morgan fingerprint density at radius 2 is 0.697 bits per heavy atom. The summed E-state index contributed by atoms with van der Waals surface area (Å²) >= 11 is 0. The van der Waals surface area contributed by atoms with Crippen molar-refractivity contribution >= 4 is 0 Å². The molecule has 0 amide bonds. The Balaban J connectivity index is 0.000000396. The van der Waals surface area contributed by atoms with E-state index in [1.54, 1.807) is 0 Å². The highest BCUT2D eigenvalue weighted by Crippen LogP contribution is 2.17. The predicted molar refractivity (Wildman–Crippen MR) is 300 cm³/mol. The highest BCUT2D eigenvalue weighted by atomic mass is 14.1. The van der Waals surface area contributed by atoms with Crippen LogP contribution in [-0.2, 0) is 77.0 Å². The molecule has 0 bridgehead atoms. The monoisotopic (exact) mass is 889 g/mol. The van der Waals surface area contributed by atoms with Gasteiger partial charge in [-0.2, -0.15) is 0 Å². The SMILES string of the molecule is CCc1cc(C)cc(CC)c1.CCc1ccc(C)c(CC)c1.CCc1ccc(C)cc1CC.CCc1ccc(CC)c(C)c1.CCc1cccc(C)c1CC.CCc1cccc(CC)c1C. The Kier molecular flexibility index (Phi) is 30.3. The van der Waals surface area contributed by atoms with Crippen LogP contribution in [0.4, 0.5) is 0 Å². The van der Waals surface area contributed by atoms with Gasteiger partial charge in [0, 0.05) is 0 Å². The van der Waals surface area contributed by atoms with Gasteiger partial charge < -0.3 is 0 Å². The normalized spacial score (nSPS) is 10.1. The molecule has 0 atom stereocenters. The summed E-state index contributed by atoms with van der Waals surface area (Å²) in [5, 5.41) is 0. The van der Waals surface area contributed by atoms with E-state index in [9.17, 15) is 0 Å². The Bertz CT molecular complexity index is 2200. The zero-order chi connectivity index (χ0) is 49.6.